The summed E-state index contributed by atoms with van der Waals surface area (Å²) in [5, 5.41) is 10.8. The van der Waals surface area contributed by atoms with E-state index >= 15 is 0 Å². The second-order valence-electron chi connectivity index (χ2n) is 6.19. The number of fused-ring (bicyclic) bond motifs is 1. The van der Waals surface area contributed by atoms with Crippen LogP contribution in [0.25, 0.3) is 22.2 Å². The SMILES string of the molecule is COc1ncc(-c2cc3cc(Cl)ccc3n2S(=O)(=O)c2cc(F)cc(F)c2O)cn1. The molecule has 0 radical (unpaired) electrons. The van der Waals surface area contributed by atoms with Crippen LogP contribution in [0.15, 0.2) is 53.7 Å². The second-order valence-corrected chi connectivity index (χ2v) is 8.39. The lowest BCUT2D eigenvalue weighted by Gasteiger charge is -2.13. The Bertz CT molecular complexity index is 1390. The average Bonchev–Trinajstić information content (AvgIpc) is 3.10. The lowest BCUT2D eigenvalue weighted by Crippen LogP contribution is -2.15. The highest BCUT2D eigenvalue weighted by Gasteiger charge is 2.29. The van der Waals surface area contributed by atoms with Gasteiger partial charge in [0.25, 0.3) is 10.0 Å². The Morgan fingerprint density at radius 1 is 1.10 bits per heavy atom. The maximum absolute atomic E-state index is 13.9. The zero-order valence-corrected chi connectivity index (χ0v) is 16.7. The molecule has 154 valence electrons. The second kappa shape index (κ2) is 7.22. The van der Waals surface area contributed by atoms with Gasteiger partial charge in [0.2, 0.25) is 0 Å². The van der Waals surface area contributed by atoms with E-state index in [1.165, 1.54) is 43.8 Å². The first-order valence-electron chi connectivity index (χ1n) is 8.33. The van der Waals surface area contributed by atoms with E-state index in [-0.39, 0.29) is 22.8 Å². The monoisotopic (exact) mass is 451 g/mol. The minimum atomic E-state index is -4.65. The molecule has 1 N–H and O–H groups in total. The Morgan fingerprint density at radius 3 is 2.47 bits per heavy atom. The van der Waals surface area contributed by atoms with Gasteiger partial charge in [-0.2, -0.15) is 0 Å². The molecule has 11 heteroatoms. The first kappa shape index (κ1) is 20.0. The third-order valence-corrected chi connectivity index (χ3v) is 6.31. The molecule has 2 aromatic carbocycles. The van der Waals surface area contributed by atoms with Gasteiger partial charge in [0, 0.05) is 34.4 Å². The summed E-state index contributed by atoms with van der Waals surface area (Å²) in [6.45, 7) is 0. The van der Waals surface area contributed by atoms with Crippen molar-refractivity contribution in [1.82, 2.24) is 13.9 Å². The molecule has 0 aliphatic heterocycles. The van der Waals surface area contributed by atoms with Crippen LogP contribution in [0.5, 0.6) is 11.8 Å². The van der Waals surface area contributed by atoms with Gasteiger partial charge in [-0.3, -0.25) is 0 Å². The number of phenolic OH excluding ortho intramolecular Hbond substituents is 1. The molecule has 0 bridgehead atoms. The van der Waals surface area contributed by atoms with E-state index < -0.39 is 32.3 Å². The zero-order valence-electron chi connectivity index (χ0n) is 15.2. The number of methoxy groups -OCH3 is 1. The van der Waals surface area contributed by atoms with Crippen molar-refractivity contribution in [2.24, 2.45) is 0 Å². The van der Waals surface area contributed by atoms with E-state index in [0.29, 0.717) is 22.5 Å². The first-order valence-corrected chi connectivity index (χ1v) is 10.1. The number of nitrogens with zero attached hydrogens (tertiary/aromatic N) is 3. The number of rotatable bonds is 4. The van der Waals surface area contributed by atoms with Gasteiger partial charge in [0.05, 0.1) is 18.3 Å². The quantitative estimate of drug-likeness (QED) is 0.504. The molecule has 2 aromatic heterocycles. The molecule has 0 saturated carbocycles. The molecule has 0 fully saturated rings. The van der Waals surface area contributed by atoms with E-state index in [1.807, 2.05) is 0 Å². The van der Waals surface area contributed by atoms with Gasteiger partial charge in [-0.05, 0) is 30.3 Å². The van der Waals surface area contributed by atoms with Crippen molar-refractivity contribution < 1.29 is 27.0 Å². The standard InChI is InChI=1S/C19H12ClF2N3O4S/c1-29-19-23-8-11(9-24-19)16-5-10-4-12(20)2-3-15(10)25(16)30(27,28)17-7-13(21)6-14(22)18(17)26/h2-9,26H,1H3. The molecular formula is C19H12ClF2N3O4S. The predicted octanol–water partition coefficient (Wildman–Crippen LogP) is 3.98. The number of benzene rings is 2. The summed E-state index contributed by atoms with van der Waals surface area (Å²) in [5.41, 5.74) is 0.552. The van der Waals surface area contributed by atoms with Gasteiger partial charge in [0.1, 0.15) is 10.7 Å². The van der Waals surface area contributed by atoms with Crippen LogP contribution >= 0.6 is 11.6 Å². The molecule has 0 saturated heterocycles. The smallest absolute Gasteiger partial charge is 0.316 e. The van der Waals surface area contributed by atoms with Crippen molar-refractivity contribution in [2.45, 2.75) is 4.90 Å². The minimum absolute atomic E-state index is 0.0668. The first-order chi connectivity index (χ1) is 14.2. The van der Waals surface area contributed by atoms with Crippen molar-refractivity contribution in [1.29, 1.82) is 0 Å². The highest BCUT2D eigenvalue weighted by Crippen LogP contribution is 2.36. The summed E-state index contributed by atoms with van der Waals surface area (Å²) >= 11 is 6.02. The molecular weight excluding hydrogens is 440 g/mol. The summed E-state index contributed by atoms with van der Waals surface area (Å²) in [5.74, 6) is -3.75. The average molecular weight is 452 g/mol. The van der Waals surface area contributed by atoms with Gasteiger partial charge < -0.3 is 9.84 Å². The van der Waals surface area contributed by atoms with E-state index in [2.05, 4.69) is 9.97 Å². The molecule has 0 aliphatic carbocycles. The van der Waals surface area contributed by atoms with E-state index in [9.17, 15) is 22.3 Å². The number of aromatic nitrogens is 3. The number of ether oxygens (including phenoxy) is 1. The van der Waals surface area contributed by atoms with Crippen molar-refractivity contribution in [3.05, 3.63) is 65.4 Å². The van der Waals surface area contributed by atoms with Crippen LogP contribution in [0.2, 0.25) is 5.02 Å². The van der Waals surface area contributed by atoms with Crippen LogP contribution in [0, 0.1) is 11.6 Å². The van der Waals surface area contributed by atoms with Crippen LogP contribution in [0.1, 0.15) is 0 Å². The number of halogens is 3. The Labute approximate surface area is 174 Å². The lowest BCUT2D eigenvalue weighted by atomic mass is 10.2. The van der Waals surface area contributed by atoms with E-state index in [0.717, 1.165) is 3.97 Å². The molecule has 4 rings (SSSR count). The number of aromatic hydroxyl groups is 1. The number of phenols is 1. The summed E-state index contributed by atoms with van der Waals surface area (Å²) in [4.78, 5) is 7.00. The van der Waals surface area contributed by atoms with Crippen LogP contribution < -0.4 is 4.74 Å². The molecule has 0 spiro atoms. The summed E-state index contributed by atoms with van der Waals surface area (Å²) in [6.07, 6.45) is 2.67. The Balaban J connectivity index is 2.06. The van der Waals surface area contributed by atoms with Crippen LogP contribution in [0.3, 0.4) is 0 Å². The molecule has 0 amide bonds. The molecule has 0 atom stereocenters. The lowest BCUT2D eigenvalue weighted by molar-refractivity contribution is 0.380. The number of hydrogen-bond donors (Lipinski definition) is 1. The van der Waals surface area contributed by atoms with Crippen molar-refractivity contribution in [3.8, 4) is 23.0 Å². The Hall–Kier alpha value is -3.24. The highest BCUT2D eigenvalue weighted by molar-refractivity contribution is 7.90. The molecule has 0 unspecified atom stereocenters. The Kier molecular flexibility index (Phi) is 4.83. The van der Waals surface area contributed by atoms with Crippen molar-refractivity contribution in [3.63, 3.8) is 0 Å². The third-order valence-electron chi connectivity index (χ3n) is 4.34. The fraction of sp³-hybridized carbons (Fsp3) is 0.0526. The Morgan fingerprint density at radius 2 is 1.80 bits per heavy atom. The highest BCUT2D eigenvalue weighted by atomic mass is 35.5. The molecule has 2 heterocycles. The largest absolute Gasteiger partial charge is 0.504 e. The van der Waals surface area contributed by atoms with E-state index in [4.69, 9.17) is 16.3 Å². The number of hydrogen-bond acceptors (Lipinski definition) is 6. The van der Waals surface area contributed by atoms with Crippen LogP contribution in [-0.4, -0.2) is 34.6 Å². The van der Waals surface area contributed by atoms with Gasteiger partial charge in [0.15, 0.2) is 11.6 Å². The normalized spacial score (nSPS) is 11.7. The summed E-state index contributed by atoms with van der Waals surface area (Å²) in [7, 11) is -3.27. The fourth-order valence-corrected chi connectivity index (χ4v) is 4.84. The van der Waals surface area contributed by atoms with E-state index in [1.54, 1.807) is 0 Å². The maximum atomic E-state index is 13.9. The summed E-state index contributed by atoms with van der Waals surface area (Å²) in [6, 6.07) is 6.95. The van der Waals surface area contributed by atoms with Gasteiger partial charge in [-0.15, -0.1) is 0 Å². The van der Waals surface area contributed by atoms with Crippen molar-refractivity contribution in [2.75, 3.05) is 7.11 Å². The van der Waals surface area contributed by atoms with Crippen molar-refractivity contribution >= 4 is 32.5 Å². The van der Waals surface area contributed by atoms with Gasteiger partial charge in [-0.25, -0.2) is 31.1 Å². The zero-order chi connectivity index (χ0) is 21.6. The van der Waals surface area contributed by atoms with Crippen LogP contribution in [0.4, 0.5) is 8.78 Å². The predicted molar refractivity (Wildman–Crippen MR) is 105 cm³/mol. The maximum Gasteiger partial charge on any atom is 0.316 e. The topological polar surface area (TPSA) is 94.3 Å². The minimum Gasteiger partial charge on any atom is -0.504 e. The van der Waals surface area contributed by atoms with Gasteiger partial charge >= 0.3 is 6.01 Å². The fourth-order valence-electron chi connectivity index (χ4n) is 3.01. The molecule has 4 aromatic rings. The molecule has 30 heavy (non-hydrogen) atoms. The molecule has 0 aliphatic rings. The third kappa shape index (κ3) is 3.23. The van der Waals surface area contributed by atoms with Gasteiger partial charge in [-0.1, -0.05) is 11.6 Å². The summed E-state index contributed by atoms with van der Waals surface area (Å²) < 4.78 is 60.2. The van der Waals surface area contributed by atoms with Crippen LogP contribution in [-0.2, 0) is 10.0 Å². The molecule has 7 nitrogen and oxygen atoms in total.